The van der Waals surface area contributed by atoms with Gasteiger partial charge in [0.15, 0.2) is 17.3 Å². The number of Topliss-reactive ketones (excluding diaryl/α,β-unsaturated/α-hetero) is 1. The molecule has 1 aliphatic rings. The molecular formula is C25H28N4O4. The fraction of sp³-hybridized carbons (Fsp3) is 0.320. The summed E-state index contributed by atoms with van der Waals surface area (Å²) in [7, 11) is 3.13. The van der Waals surface area contributed by atoms with E-state index >= 15 is 0 Å². The monoisotopic (exact) mass is 448 g/mol. The van der Waals surface area contributed by atoms with Crippen LogP contribution in [0.15, 0.2) is 36.4 Å². The van der Waals surface area contributed by atoms with Crippen LogP contribution >= 0.6 is 0 Å². The Bertz CT molecular complexity index is 1260. The van der Waals surface area contributed by atoms with E-state index in [-0.39, 0.29) is 11.2 Å². The second-order valence-corrected chi connectivity index (χ2v) is 9.05. The van der Waals surface area contributed by atoms with E-state index < -0.39 is 5.91 Å². The van der Waals surface area contributed by atoms with Crippen LogP contribution in [0.4, 0.5) is 11.4 Å². The minimum atomic E-state index is -0.556. The fourth-order valence-electron chi connectivity index (χ4n) is 4.41. The number of aromatic nitrogens is 2. The molecule has 3 aromatic rings. The van der Waals surface area contributed by atoms with Crippen LogP contribution < -0.4 is 20.5 Å². The van der Waals surface area contributed by atoms with Crippen molar-refractivity contribution in [3.63, 3.8) is 0 Å². The number of carbonyl (C=O) groups is 2. The van der Waals surface area contributed by atoms with Crippen LogP contribution in [0.2, 0.25) is 0 Å². The number of amides is 1. The number of primary amides is 1. The molecule has 8 nitrogen and oxygen atoms in total. The number of ether oxygens (including phenoxy) is 2. The van der Waals surface area contributed by atoms with Gasteiger partial charge in [0.2, 0.25) is 0 Å². The molecule has 1 aliphatic carbocycles. The van der Waals surface area contributed by atoms with Crippen LogP contribution in [0.5, 0.6) is 11.5 Å². The van der Waals surface area contributed by atoms with Crippen LogP contribution in [-0.4, -0.2) is 35.7 Å². The highest BCUT2D eigenvalue weighted by Gasteiger charge is 2.35. The van der Waals surface area contributed by atoms with Crippen molar-refractivity contribution >= 4 is 23.1 Å². The first kappa shape index (κ1) is 22.4. The molecule has 0 unspecified atom stereocenters. The van der Waals surface area contributed by atoms with Gasteiger partial charge in [0.25, 0.3) is 5.91 Å². The van der Waals surface area contributed by atoms with E-state index in [1.807, 2.05) is 19.1 Å². The standard InChI is InChI=1S/C25H28N4O4/c1-14-23-19(12-25(2,3)13-20(23)30)29(28-14)16-7-8-17(24(26)31)18(11-16)27-15-6-9-21(32-4)22(10-15)33-5/h6-11,27H,12-13H2,1-5H3,(H2,26,31). The normalized spacial score (nSPS) is 14.5. The Kier molecular flexibility index (Phi) is 5.61. The van der Waals surface area contributed by atoms with Crippen molar-refractivity contribution in [1.29, 1.82) is 0 Å². The fourth-order valence-corrected chi connectivity index (χ4v) is 4.41. The Labute approximate surface area is 192 Å². The molecule has 8 heteroatoms. The summed E-state index contributed by atoms with van der Waals surface area (Å²) in [6, 6.07) is 10.6. The maximum Gasteiger partial charge on any atom is 0.250 e. The van der Waals surface area contributed by atoms with Crippen LogP contribution in [-0.2, 0) is 6.42 Å². The lowest BCUT2D eigenvalue weighted by molar-refractivity contribution is 0.0909. The number of benzene rings is 2. The molecule has 1 heterocycles. The molecule has 0 saturated carbocycles. The second-order valence-electron chi connectivity index (χ2n) is 9.05. The highest BCUT2D eigenvalue weighted by molar-refractivity contribution is 6.01. The van der Waals surface area contributed by atoms with Gasteiger partial charge in [0, 0.05) is 18.2 Å². The summed E-state index contributed by atoms with van der Waals surface area (Å²) < 4.78 is 12.5. The topological polar surface area (TPSA) is 108 Å². The largest absolute Gasteiger partial charge is 0.493 e. The molecule has 2 aromatic carbocycles. The molecule has 0 radical (unpaired) electrons. The number of fused-ring (bicyclic) bond motifs is 1. The average Bonchev–Trinajstić information content (AvgIpc) is 3.08. The predicted molar refractivity (Wildman–Crippen MR) is 126 cm³/mol. The molecule has 3 N–H and O–H groups in total. The number of nitrogens with zero attached hydrogens (tertiary/aromatic N) is 2. The summed E-state index contributed by atoms with van der Waals surface area (Å²) in [5, 5.41) is 7.92. The second kappa shape index (κ2) is 8.27. The van der Waals surface area contributed by atoms with E-state index in [1.165, 1.54) is 0 Å². The number of anilines is 2. The number of carbonyl (C=O) groups excluding carboxylic acids is 2. The first-order valence-electron chi connectivity index (χ1n) is 10.7. The summed E-state index contributed by atoms with van der Waals surface area (Å²) in [4.78, 5) is 24.9. The van der Waals surface area contributed by atoms with Crippen LogP contribution in [0, 0.1) is 12.3 Å². The first-order chi connectivity index (χ1) is 15.6. The highest BCUT2D eigenvalue weighted by atomic mass is 16.5. The van der Waals surface area contributed by atoms with E-state index in [2.05, 4.69) is 24.3 Å². The molecule has 0 bridgehead atoms. The van der Waals surface area contributed by atoms with Crippen molar-refractivity contribution in [3.8, 4) is 17.2 Å². The summed E-state index contributed by atoms with van der Waals surface area (Å²) in [6.45, 7) is 6.02. The molecule has 172 valence electrons. The Balaban J connectivity index is 1.80. The van der Waals surface area contributed by atoms with Crippen molar-refractivity contribution in [2.45, 2.75) is 33.6 Å². The molecule has 4 rings (SSSR count). The SMILES string of the molecule is COc1ccc(Nc2cc(-n3nc(C)c4c3CC(C)(C)CC4=O)ccc2C(N)=O)cc1OC. The number of ketones is 1. The van der Waals surface area contributed by atoms with E-state index in [9.17, 15) is 9.59 Å². The van der Waals surface area contributed by atoms with Crippen molar-refractivity contribution in [1.82, 2.24) is 9.78 Å². The van der Waals surface area contributed by atoms with Gasteiger partial charge in [0.1, 0.15) is 0 Å². The van der Waals surface area contributed by atoms with Gasteiger partial charge in [-0.15, -0.1) is 0 Å². The summed E-state index contributed by atoms with van der Waals surface area (Å²) >= 11 is 0. The zero-order valence-electron chi connectivity index (χ0n) is 19.5. The lowest BCUT2D eigenvalue weighted by Gasteiger charge is -2.29. The number of aryl methyl sites for hydroxylation is 1. The maximum atomic E-state index is 12.8. The molecule has 0 atom stereocenters. The molecule has 1 aromatic heterocycles. The van der Waals surface area contributed by atoms with Gasteiger partial charge < -0.3 is 20.5 Å². The van der Waals surface area contributed by atoms with E-state index in [0.717, 1.165) is 17.8 Å². The van der Waals surface area contributed by atoms with Gasteiger partial charge in [-0.3, -0.25) is 9.59 Å². The zero-order valence-corrected chi connectivity index (χ0v) is 19.5. The Morgan fingerprint density at radius 3 is 2.48 bits per heavy atom. The first-order valence-corrected chi connectivity index (χ1v) is 10.7. The van der Waals surface area contributed by atoms with Gasteiger partial charge in [-0.25, -0.2) is 4.68 Å². The number of nitrogens with one attached hydrogen (secondary N) is 1. The van der Waals surface area contributed by atoms with E-state index in [1.54, 1.807) is 43.2 Å². The quantitative estimate of drug-likeness (QED) is 0.585. The van der Waals surface area contributed by atoms with Gasteiger partial charge in [-0.05, 0) is 49.1 Å². The Morgan fingerprint density at radius 1 is 1.09 bits per heavy atom. The van der Waals surface area contributed by atoms with Crippen molar-refractivity contribution in [2.24, 2.45) is 11.1 Å². The molecule has 0 fully saturated rings. The zero-order chi connectivity index (χ0) is 23.9. The Morgan fingerprint density at radius 2 is 1.82 bits per heavy atom. The van der Waals surface area contributed by atoms with Crippen molar-refractivity contribution in [3.05, 3.63) is 58.9 Å². The molecule has 1 amide bonds. The van der Waals surface area contributed by atoms with E-state index in [0.29, 0.717) is 46.1 Å². The number of methoxy groups -OCH3 is 2. The van der Waals surface area contributed by atoms with Gasteiger partial charge >= 0.3 is 0 Å². The molecule has 33 heavy (non-hydrogen) atoms. The van der Waals surface area contributed by atoms with Gasteiger partial charge in [0.05, 0.1) is 48.1 Å². The number of nitrogens with two attached hydrogens (primary N) is 1. The maximum absolute atomic E-state index is 12.8. The molecule has 0 saturated heterocycles. The predicted octanol–water partition coefficient (Wildman–Crippen LogP) is 4.20. The third-order valence-electron chi connectivity index (χ3n) is 5.90. The minimum absolute atomic E-state index is 0.113. The number of hydrogen-bond acceptors (Lipinski definition) is 6. The van der Waals surface area contributed by atoms with Crippen LogP contribution in [0.25, 0.3) is 5.69 Å². The molecule has 0 spiro atoms. The summed E-state index contributed by atoms with van der Waals surface area (Å²) in [5.74, 6) is 0.705. The average molecular weight is 449 g/mol. The number of rotatable bonds is 6. The third-order valence-corrected chi connectivity index (χ3v) is 5.90. The van der Waals surface area contributed by atoms with Crippen LogP contribution in [0.3, 0.4) is 0 Å². The summed E-state index contributed by atoms with van der Waals surface area (Å²) in [6.07, 6.45) is 1.23. The van der Waals surface area contributed by atoms with Crippen molar-refractivity contribution < 1.29 is 19.1 Å². The summed E-state index contributed by atoms with van der Waals surface area (Å²) in [5.41, 5.74) is 10.1. The highest BCUT2D eigenvalue weighted by Crippen LogP contribution is 2.38. The number of hydrogen-bond donors (Lipinski definition) is 2. The molecule has 0 aliphatic heterocycles. The van der Waals surface area contributed by atoms with Crippen molar-refractivity contribution in [2.75, 3.05) is 19.5 Å². The lowest BCUT2D eigenvalue weighted by Crippen LogP contribution is -2.28. The third kappa shape index (κ3) is 4.16. The lowest BCUT2D eigenvalue weighted by atomic mass is 9.75. The van der Waals surface area contributed by atoms with Crippen LogP contribution in [0.1, 0.15) is 52.4 Å². The van der Waals surface area contributed by atoms with E-state index in [4.69, 9.17) is 15.2 Å². The van der Waals surface area contributed by atoms with Gasteiger partial charge in [-0.1, -0.05) is 13.8 Å². The smallest absolute Gasteiger partial charge is 0.250 e. The van der Waals surface area contributed by atoms with Gasteiger partial charge in [-0.2, -0.15) is 5.10 Å². The Hall–Kier alpha value is -3.81. The minimum Gasteiger partial charge on any atom is -0.493 e. The molecular weight excluding hydrogens is 420 g/mol.